The van der Waals surface area contributed by atoms with Crippen molar-refractivity contribution in [1.82, 2.24) is 0 Å². The minimum atomic E-state index is -0.224. The summed E-state index contributed by atoms with van der Waals surface area (Å²) < 4.78 is 12.7. The Morgan fingerprint density at radius 2 is 1.60 bits per heavy atom. The van der Waals surface area contributed by atoms with Crippen molar-refractivity contribution < 1.29 is 9.50 Å². The zero-order valence-electron chi connectivity index (χ0n) is 10.6. The van der Waals surface area contributed by atoms with Crippen LogP contribution in [0, 0.1) is 11.3 Å². The molecule has 1 N–H and O–H groups in total. The third-order valence-corrected chi connectivity index (χ3v) is 3.47. The average molecular weight is 218 g/mol. The minimum absolute atomic E-state index is 0.162. The first-order chi connectivity index (χ1) is 7.04. The van der Waals surface area contributed by atoms with Crippen molar-refractivity contribution in [1.29, 1.82) is 0 Å². The number of aliphatic hydroxyl groups is 1. The molecule has 0 fully saturated rings. The Morgan fingerprint density at radius 1 is 1.07 bits per heavy atom. The Morgan fingerprint density at radius 3 is 2.13 bits per heavy atom. The van der Waals surface area contributed by atoms with Gasteiger partial charge in [-0.1, -0.05) is 52.9 Å². The number of aliphatic hydroxyl groups excluding tert-OH is 1. The third kappa shape index (κ3) is 6.88. The maximum atomic E-state index is 12.7. The van der Waals surface area contributed by atoms with Crippen LogP contribution in [-0.4, -0.2) is 18.4 Å². The highest BCUT2D eigenvalue weighted by Gasteiger charge is 2.24. The molecule has 0 amide bonds. The molecule has 0 spiro atoms. The Balaban J connectivity index is 3.43. The summed E-state index contributed by atoms with van der Waals surface area (Å²) in [6.45, 7) is 6.24. The SMILES string of the molecule is CC(CCCCCCCO)C(C)(C)CF. The van der Waals surface area contributed by atoms with E-state index in [2.05, 4.69) is 6.92 Å². The summed E-state index contributed by atoms with van der Waals surface area (Å²) in [5, 5.41) is 8.61. The van der Waals surface area contributed by atoms with E-state index in [4.69, 9.17) is 5.11 Å². The highest BCUT2D eigenvalue weighted by Crippen LogP contribution is 2.31. The summed E-state index contributed by atoms with van der Waals surface area (Å²) in [5.41, 5.74) is -0.162. The van der Waals surface area contributed by atoms with E-state index < -0.39 is 0 Å². The third-order valence-electron chi connectivity index (χ3n) is 3.47. The first-order valence-electron chi connectivity index (χ1n) is 6.21. The Bertz CT molecular complexity index is 145. The zero-order chi connectivity index (χ0) is 11.7. The predicted molar refractivity (Wildman–Crippen MR) is 63.7 cm³/mol. The molecule has 0 saturated heterocycles. The van der Waals surface area contributed by atoms with Crippen LogP contribution in [0.1, 0.15) is 59.3 Å². The molecule has 0 rings (SSSR count). The van der Waals surface area contributed by atoms with Gasteiger partial charge in [0.25, 0.3) is 0 Å². The lowest BCUT2D eigenvalue weighted by Gasteiger charge is -2.28. The van der Waals surface area contributed by atoms with E-state index in [-0.39, 0.29) is 12.1 Å². The lowest BCUT2D eigenvalue weighted by atomic mass is 9.78. The van der Waals surface area contributed by atoms with Crippen molar-refractivity contribution in [2.24, 2.45) is 11.3 Å². The van der Waals surface area contributed by atoms with Crippen LogP contribution in [-0.2, 0) is 0 Å². The van der Waals surface area contributed by atoms with Gasteiger partial charge in [-0.25, -0.2) is 0 Å². The molecule has 0 bridgehead atoms. The molecule has 0 aromatic rings. The zero-order valence-corrected chi connectivity index (χ0v) is 10.6. The largest absolute Gasteiger partial charge is 0.396 e. The van der Waals surface area contributed by atoms with Gasteiger partial charge in [-0.3, -0.25) is 4.39 Å². The second-order valence-electron chi connectivity index (χ2n) is 5.30. The molecule has 0 aliphatic heterocycles. The van der Waals surface area contributed by atoms with Gasteiger partial charge in [0.2, 0.25) is 0 Å². The van der Waals surface area contributed by atoms with Gasteiger partial charge in [-0.05, 0) is 17.8 Å². The van der Waals surface area contributed by atoms with Gasteiger partial charge in [-0.15, -0.1) is 0 Å². The molecule has 0 aliphatic rings. The van der Waals surface area contributed by atoms with Crippen LogP contribution in [0.2, 0.25) is 0 Å². The van der Waals surface area contributed by atoms with E-state index in [9.17, 15) is 4.39 Å². The summed E-state index contributed by atoms with van der Waals surface area (Å²) in [5.74, 6) is 0.459. The summed E-state index contributed by atoms with van der Waals surface area (Å²) in [6, 6.07) is 0. The van der Waals surface area contributed by atoms with Crippen molar-refractivity contribution in [3.63, 3.8) is 0 Å². The topological polar surface area (TPSA) is 20.2 Å². The van der Waals surface area contributed by atoms with Gasteiger partial charge in [0.05, 0.1) is 6.67 Å². The molecule has 0 aromatic carbocycles. The molecule has 1 unspecified atom stereocenters. The Labute approximate surface area is 94.1 Å². The van der Waals surface area contributed by atoms with Crippen molar-refractivity contribution >= 4 is 0 Å². The lowest BCUT2D eigenvalue weighted by molar-refractivity contribution is 0.158. The molecule has 15 heavy (non-hydrogen) atoms. The van der Waals surface area contributed by atoms with E-state index >= 15 is 0 Å². The summed E-state index contributed by atoms with van der Waals surface area (Å²) in [7, 11) is 0. The highest BCUT2D eigenvalue weighted by atomic mass is 19.1. The normalized spacial score (nSPS) is 14.2. The van der Waals surface area contributed by atoms with Gasteiger partial charge < -0.3 is 5.11 Å². The van der Waals surface area contributed by atoms with Gasteiger partial charge in [0.15, 0.2) is 0 Å². The predicted octanol–water partition coefficient (Wildman–Crippen LogP) is 3.95. The lowest BCUT2D eigenvalue weighted by Crippen LogP contribution is -2.23. The Hall–Kier alpha value is -0.110. The maximum Gasteiger partial charge on any atom is 0.0947 e. The van der Waals surface area contributed by atoms with E-state index in [1.54, 1.807) is 0 Å². The number of hydrogen-bond acceptors (Lipinski definition) is 1. The fourth-order valence-corrected chi connectivity index (χ4v) is 1.62. The quantitative estimate of drug-likeness (QED) is 0.581. The average Bonchev–Trinajstić information content (AvgIpc) is 2.22. The second kappa shape index (κ2) is 8.09. The number of halogens is 1. The first-order valence-corrected chi connectivity index (χ1v) is 6.21. The molecular weight excluding hydrogens is 191 g/mol. The van der Waals surface area contributed by atoms with Gasteiger partial charge in [-0.2, -0.15) is 0 Å². The molecule has 0 heterocycles. The molecule has 0 aliphatic carbocycles. The minimum Gasteiger partial charge on any atom is -0.396 e. The molecule has 0 aromatic heterocycles. The van der Waals surface area contributed by atoms with Crippen LogP contribution >= 0.6 is 0 Å². The molecule has 2 heteroatoms. The smallest absolute Gasteiger partial charge is 0.0947 e. The van der Waals surface area contributed by atoms with Crippen LogP contribution in [0.15, 0.2) is 0 Å². The maximum absolute atomic E-state index is 12.7. The van der Waals surface area contributed by atoms with Crippen LogP contribution in [0.4, 0.5) is 4.39 Å². The number of unbranched alkanes of at least 4 members (excludes halogenated alkanes) is 4. The van der Waals surface area contributed by atoms with Crippen molar-refractivity contribution in [3.8, 4) is 0 Å². The fraction of sp³-hybridized carbons (Fsp3) is 1.00. The molecule has 0 radical (unpaired) electrons. The highest BCUT2D eigenvalue weighted by molar-refractivity contribution is 4.74. The van der Waals surface area contributed by atoms with Gasteiger partial charge >= 0.3 is 0 Å². The van der Waals surface area contributed by atoms with Crippen LogP contribution in [0.3, 0.4) is 0 Å². The second-order valence-corrected chi connectivity index (χ2v) is 5.30. The fourth-order valence-electron chi connectivity index (χ4n) is 1.62. The van der Waals surface area contributed by atoms with Crippen LogP contribution in [0.25, 0.3) is 0 Å². The standard InChI is InChI=1S/C13H27FO/c1-12(13(2,3)11-14)9-7-5-4-6-8-10-15/h12,15H,4-11H2,1-3H3. The van der Waals surface area contributed by atoms with Crippen molar-refractivity contribution in [3.05, 3.63) is 0 Å². The van der Waals surface area contributed by atoms with E-state index in [0.717, 1.165) is 19.3 Å². The number of rotatable bonds is 9. The van der Waals surface area contributed by atoms with Crippen molar-refractivity contribution in [2.75, 3.05) is 13.3 Å². The van der Waals surface area contributed by atoms with E-state index in [1.807, 2.05) is 13.8 Å². The molecule has 1 atom stereocenters. The van der Waals surface area contributed by atoms with Gasteiger partial charge in [0, 0.05) is 6.61 Å². The molecule has 1 nitrogen and oxygen atoms in total. The number of alkyl halides is 1. The molecule has 0 saturated carbocycles. The van der Waals surface area contributed by atoms with Gasteiger partial charge in [0.1, 0.15) is 0 Å². The first kappa shape index (κ1) is 14.9. The van der Waals surface area contributed by atoms with Crippen molar-refractivity contribution in [2.45, 2.75) is 59.3 Å². The summed E-state index contributed by atoms with van der Waals surface area (Å²) in [4.78, 5) is 0. The Kier molecular flexibility index (Phi) is 8.03. The monoisotopic (exact) mass is 218 g/mol. The summed E-state index contributed by atoms with van der Waals surface area (Å²) in [6.07, 6.45) is 6.77. The number of hydrogen-bond donors (Lipinski definition) is 1. The summed E-state index contributed by atoms with van der Waals surface area (Å²) >= 11 is 0. The van der Waals surface area contributed by atoms with E-state index in [1.165, 1.54) is 19.3 Å². The van der Waals surface area contributed by atoms with E-state index in [0.29, 0.717) is 12.5 Å². The van der Waals surface area contributed by atoms with Crippen LogP contribution < -0.4 is 0 Å². The molecular formula is C13H27FO. The van der Waals surface area contributed by atoms with Crippen LogP contribution in [0.5, 0.6) is 0 Å². The molecule has 92 valence electrons.